The molecule has 0 saturated carbocycles. The summed E-state index contributed by atoms with van der Waals surface area (Å²) in [6.45, 7) is 2.13. The van der Waals surface area contributed by atoms with E-state index in [-0.39, 0.29) is 0 Å². The quantitative estimate of drug-likeness (QED) is 0.695. The van der Waals surface area contributed by atoms with Crippen molar-refractivity contribution in [1.82, 2.24) is 4.98 Å². The lowest BCUT2D eigenvalue weighted by Gasteiger charge is -2.09. The first-order valence-corrected chi connectivity index (χ1v) is 6.51. The molecule has 0 saturated heterocycles. The number of nitrogens with zero attached hydrogens (tertiary/aromatic N) is 1. The largest absolute Gasteiger partial charge is 0.399 e. The predicted molar refractivity (Wildman–Crippen MR) is 81.0 cm³/mol. The molecule has 94 valence electrons. The van der Waals surface area contributed by atoms with Gasteiger partial charge in [-0.2, -0.15) is 0 Å². The summed E-state index contributed by atoms with van der Waals surface area (Å²) in [6, 6.07) is 14.6. The number of anilines is 1. The molecule has 2 heteroatoms. The molecule has 0 bridgehead atoms. The smallest absolute Gasteiger partial charge is 0.0346 e. The minimum atomic E-state index is 0.869. The van der Waals surface area contributed by atoms with Crippen molar-refractivity contribution in [2.45, 2.75) is 13.3 Å². The van der Waals surface area contributed by atoms with E-state index < -0.39 is 0 Å². The molecule has 0 fully saturated rings. The third kappa shape index (κ3) is 2.06. The summed E-state index contributed by atoms with van der Waals surface area (Å²) in [5, 5.41) is 2.39. The number of aromatic nitrogens is 1. The molecule has 0 atom stereocenters. The Balaban J connectivity index is 2.24. The van der Waals surface area contributed by atoms with Crippen molar-refractivity contribution < 1.29 is 0 Å². The van der Waals surface area contributed by atoms with Crippen LogP contribution < -0.4 is 5.73 Å². The molecule has 1 aromatic heterocycles. The van der Waals surface area contributed by atoms with Crippen LogP contribution in [0.1, 0.15) is 12.5 Å². The Labute approximate surface area is 112 Å². The van der Waals surface area contributed by atoms with E-state index >= 15 is 0 Å². The second kappa shape index (κ2) is 4.73. The molecule has 0 spiro atoms. The van der Waals surface area contributed by atoms with Crippen LogP contribution in [-0.2, 0) is 6.42 Å². The van der Waals surface area contributed by atoms with Crippen molar-refractivity contribution in [2.75, 3.05) is 5.73 Å². The van der Waals surface area contributed by atoms with Crippen LogP contribution in [0, 0.1) is 0 Å². The van der Waals surface area contributed by atoms with Crippen LogP contribution in [0.4, 0.5) is 5.69 Å². The van der Waals surface area contributed by atoms with Crippen molar-refractivity contribution in [2.24, 2.45) is 0 Å². The summed E-state index contributed by atoms with van der Waals surface area (Å²) < 4.78 is 0. The van der Waals surface area contributed by atoms with Gasteiger partial charge in [-0.1, -0.05) is 31.2 Å². The van der Waals surface area contributed by atoms with E-state index in [4.69, 9.17) is 5.73 Å². The van der Waals surface area contributed by atoms with Gasteiger partial charge in [0.15, 0.2) is 0 Å². The predicted octanol–water partition coefficient (Wildman–Crippen LogP) is 4.05. The number of aryl methyl sites for hydroxylation is 1. The molecule has 3 rings (SSSR count). The minimum absolute atomic E-state index is 0.869. The molecule has 2 nitrogen and oxygen atoms in total. The molecule has 1 heterocycles. The highest BCUT2D eigenvalue weighted by Gasteiger charge is 2.05. The normalized spacial score (nSPS) is 10.8. The van der Waals surface area contributed by atoms with Gasteiger partial charge in [-0.25, -0.2) is 0 Å². The fourth-order valence-electron chi connectivity index (χ4n) is 2.45. The zero-order valence-electron chi connectivity index (χ0n) is 10.9. The highest BCUT2D eigenvalue weighted by atomic mass is 14.6. The number of hydrogen-bond donors (Lipinski definition) is 1. The van der Waals surface area contributed by atoms with Gasteiger partial charge in [0.1, 0.15) is 0 Å². The van der Waals surface area contributed by atoms with Gasteiger partial charge in [-0.15, -0.1) is 0 Å². The first-order valence-electron chi connectivity index (χ1n) is 6.51. The van der Waals surface area contributed by atoms with Crippen molar-refractivity contribution in [3.8, 4) is 11.1 Å². The molecule has 3 aromatic rings. The Morgan fingerprint density at radius 1 is 1.11 bits per heavy atom. The number of nitrogen functional groups attached to an aromatic ring is 1. The van der Waals surface area contributed by atoms with Crippen LogP contribution in [0.15, 0.2) is 54.9 Å². The maximum absolute atomic E-state index is 5.98. The molecule has 0 aliphatic heterocycles. The zero-order valence-corrected chi connectivity index (χ0v) is 10.9. The summed E-state index contributed by atoms with van der Waals surface area (Å²) in [5.41, 5.74) is 10.5. The van der Waals surface area contributed by atoms with E-state index in [1.807, 2.05) is 18.5 Å². The monoisotopic (exact) mass is 248 g/mol. The fraction of sp³-hybridized carbons (Fsp3) is 0.118. The van der Waals surface area contributed by atoms with Gasteiger partial charge >= 0.3 is 0 Å². The summed E-state index contributed by atoms with van der Waals surface area (Å²) in [5.74, 6) is 0. The average molecular weight is 248 g/mol. The number of hydrogen-bond acceptors (Lipinski definition) is 2. The lowest BCUT2D eigenvalue weighted by atomic mass is 9.97. The first kappa shape index (κ1) is 11.7. The Kier molecular flexibility index (Phi) is 2.92. The fourth-order valence-corrected chi connectivity index (χ4v) is 2.45. The van der Waals surface area contributed by atoms with Crippen LogP contribution in [-0.4, -0.2) is 4.98 Å². The van der Waals surface area contributed by atoms with Gasteiger partial charge in [0.25, 0.3) is 0 Å². The maximum atomic E-state index is 5.98. The SMILES string of the molecule is CCc1cc(-c2cccc3cnccc23)ccc1N. The molecule has 0 amide bonds. The van der Waals surface area contributed by atoms with Gasteiger partial charge in [-0.05, 0) is 46.7 Å². The average Bonchev–Trinajstić information content (AvgIpc) is 2.47. The molecule has 0 aliphatic carbocycles. The Morgan fingerprint density at radius 2 is 2.00 bits per heavy atom. The van der Waals surface area contributed by atoms with Crippen molar-refractivity contribution in [1.29, 1.82) is 0 Å². The zero-order chi connectivity index (χ0) is 13.2. The lowest BCUT2D eigenvalue weighted by molar-refractivity contribution is 1.15. The minimum Gasteiger partial charge on any atom is -0.399 e. The van der Waals surface area contributed by atoms with Gasteiger partial charge in [0.2, 0.25) is 0 Å². The third-order valence-corrected chi connectivity index (χ3v) is 3.52. The molecule has 19 heavy (non-hydrogen) atoms. The summed E-state index contributed by atoms with van der Waals surface area (Å²) in [6.07, 6.45) is 4.69. The van der Waals surface area contributed by atoms with Gasteiger partial charge in [0, 0.05) is 23.5 Å². The topological polar surface area (TPSA) is 38.9 Å². The highest BCUT2D eigenvalue weighted by Crippen LogP contribution is 2.30. The molecular weight excluding hydrogens is 232 g/mol. The lowest BCUT2D eigenvalue weighted by Crippen LogP contribution is -1.93. The molecule has 0 radical (unpaired) electrons. The van der Waals surface area contributed by atoms with E-state index in [0.717, 1.165) is 17.5 Å². The van der Waals surface area contributed by atoms with Gasteiger partial charge < -0.3 is 5.73 Å². The molecular formula is C17H16N2. The number of rotatable bonds is 2. The molecule has 2 N–H and O–H groups in total. The van der Waals surface area contributed by atoms with E-state index in [9.17, 15) is 0 Å². The number of nitrogens with two attached hydrogens (primary N) is 1. The Morgan fingerprint density at radius 3 is 2.84 bits per heavy atom. The highest BCUT2D eigenvalue weighted by molar-refractivity contribution is 5.96. The summed E-state index contributed by atoms with van der Waals surface area (Å²) in [4.78, 5) is 4.18. The Hall–Kier alpha value is -2.35. The number of fused-ring (bicyclic) bond motifs is 1. The number of benzene rings is 2. The van der Waals surface area contributed by atoms with Crippen LogP contribution in [0.2, 0.25) is 0 Å². The van der Waals surface area contributed by atoms with E-state index in [2.05, 4.69) is 48.3 Å². The van der Waals surface area contributed by atoms with Crippen LogP contribution in [0.25, 0.3) is 21.9 Å². The molecule has 0 unspecified atom stereocenters. The van der Waals surface area contributed by atoms with Gasteiger partial charge in [0.05, 0.1) is 0 Å². The Bertz CT molecular complexity index is 727. The van der Waals surface area contributed by atoms with Crippen LogP contribution >= 0.6 is 0 Å². The van der Waals surface area contributed by atoms with Crippen molar-refractivity contribution in [3.05, 3.63) is 60.4 Å². The second-order valence-electron chi connectivity index (χ2n) is 4.67. The second-order valence-corrected chi connectivity index (χ2v) is 4.67. The summed E-state index contributed by atoms with van der Waals surface area (Å²) >= 11 is 0. The van der Waals surface area contributed by atoms with Crippen molar-refractivity contribution >= 4 is 16.5 Å². The third-order valence-electron chi connectivity index (χ3n) is 3.52. The van der Waals surface area contributed by atoms with Crippen molar-refractivity contribution in [3.63, 3.8) is 0 Å². The number of pyridine rings is 1. The molecule has 2 aromatic carbocycles. The van der Waals surface area contributed by atoms with E-state index in [1.54, 1.807) is 0 Å². The summed E-state index contributed by atoms with van der Waals surface area (Å²) in [7, 11) is 0. The standard InChI is InChI=1S/C17H16N2/c1-2-12-10-13(6-7-17(12)18)15-5-3-4-14-11-19-9-8-16(14)15/h3-11H,2,18H2,1H3. The maximum Gasteiger partial charge on any atom is 0.0346 e. The van der Waals surface area contributed by atoms with Crippen LogP contribution in [0.3, 0.4) is 0 Å². The van der Waals surface area contributed by atoms with E-state index in [1.165, 1.54) is 22.1 Å². The molecule has 0 aliphatic rings. The van der Waals surface area contributed by atoms with E-state index in [0.29, 0.717) is 0 Å². The van der Waals surface area contributed by atoms with Crippen LogP contribution in [0.5, 0.6) is 0 Å². The van der Waals surface area contributed by atoms with Gasteiger partial charge in [-0.3, -0.25) is 4.98 Å². The first-order chi connectivity index (χ1) is 9.29.